The Morgan fingerprint density at radius 1 is 0.800 bits per heavy atom. The van der Waals surface area contributed by atoms with Crippen LogP contribution in [0.25, 0.3) is 11.1 Å². The Balaban J connectivity index is 2.09. The summed E-state index contributed by atoms with van der Waals surface area (Å²) in [6.07, 6.45) is 3.84. The molecule has 2 heteroatoms. The van der Waals surface area contributed by atoms with Gasteiger partial charge in [0, 0.05) is 9.75 Å². The van der Waals surface area contributed by atoms with Gasteiger partial charge in [0.1, 0.15) is 0 Å². The molecule has 0 saturated heterocycles. The van der Waals surface area contributed by atoms with Gasteiger partial charge in [-0.1, -0.05) is 12.1 Å². The third-order valence-corrected chi connectivity index (χ3v) is 4.71. The summed E-state index contributed by atoms with van der Waals surface area (Å²) in [5, 5.41) is 4.35. The molecule has 0 atom stereocenters. The average molecular weight is 232 g/mol. The molecular weight excluding hydrogens is 220 g/mol. The summed E-state index contributed by atoms with van der Waals surface area (Å²) in [6.45, 7) is 0. The number of rotatable bonds is 2. The molecule has 0 aliphatic heterocycles. The van der Waals surface area contributed by atoms with Crippen LogP contribution in [0.5, 0.6) is 0 Å². The van der Waals surface area contributed by atoms with Gasteiger partial charge in [-0.05, 0) is 53.3 Å². The molecule has 0 N–H and O–H groups in total. The van der Waals surface area contributed by atoms with Crippen LogP contribution in [0.2, 0.25) is 0 Å². The van der Waals surface area contributed by atoms with Crippen LogP contribution in [0.3, 0.4) is 0 Å². The average Bonchev–Trinajstić information content (AvgIpc) is 3.01. The van der Waals surface area contributed by atoms with E-state index in [4.69, 9.17) is 0 Å². The highest BCUT2D eigenvalue weighted by Crippen LogP contribution is 2.42. The Morgan fingerprint density at radius 3 is 1.73 bits per heavy atom. The van der Waals surface area contributed by atoms with Gasteiger partial charge in [0.15, 0.2) is 0 Å². The summed E-state index contributed by atoms with van der Waals surface area (Å²) in [4.78, 5) is 2.94. The third-order valence-electron chi connectivity index (χ3n) is 2.86. The summed E-state index contributed by atoms with van der Waals surface area (Å²) in [7, 11) is 0. The molecule has 3 rings (SSSR count). The molecule has 2 heterocycles. The molecule has 0 unspecified atom stereocenters. The molecule has 0 nitrogen and oxygen atoms in total. The lowest BCUT2D eigenvalue weighted by Crippen LogP contribution is -1.78. The Kier molecular flexibility index (Phi) is 2.47. The second-order valence-corrected chi connectivity index (χ2v) is 5.66. The fourth-order valence-electron chi connectivity index (χ4n) is 2.19. The maximum absolute atomic E-state index is 2.25. The molecule has 0 amide bonds. The predicted molar refractivity (Wildman–Crippen MR) is 69.3 cm³/mol. The number of allylic oxidation sites excluding steroid dienone is 2. The topological polar surface area (TPSA) is 0 Å². The summed E-state index contributed by atoms with van der Waals surface area (Å²) in [5.74, 6) is 0. The largest absolute Gasteiger partial charge is 0.144 e. The van der Waals surface area contributed by atoms with Gasteiger partial charge >= 0.3 is 0 Å². The lowest BCUT2D eigenvalue weighted by Gasteiger charge is -2.02. The molecule has 0 fully saturated rings. The van der Waals surface area contributed by atoms with E-state index in [0.717, 1.165) is 0 Å². The van der Waals surface area contributed by atoms with E-state index in [1.54, 1.807) is 11.1 Å². The highest BCUT2D eigenvalue weighted by molar-refractivity contribution is 7.12. The van der Waals surface area contributed by atoms with Gasteiger partial charge in [0.25, 0.3) is 0 Å². The molecule has 1 aliphatic carbocycles. The van der Waals surface area contributed by atoms with E-state index in [9.17, 15) is 0 Å². The maximum atomic E-state index is 2.25. The smallest absolute Gasteiger partial charge is 0.0305 e. The molecule has 0 bridgehead atoms. The van der Waals surface area contributed by atoms with E-state index in [1.165, 1.54) is 29.0 Å². The highest BCUT2D eigenvalue weighted by atomic mass is 32.1. The lowest BCUT2D eigenvalue weighted by molar-refractivity contribution is 0.944. The van der Waals surface area contributed by atoms with Crippen LogP contribution in [0.4, 0.5) is 0 Å². The van der Waals surface area contributed by atoms with Crippen molar-refractivity contribution < 1.29 is 0 Å². The monoisotopic (exact) mass is 232 g/mol. The summed E-state index contributed by atoms with van der Waals surface area (Å²) in [5.41, 5.74) is 3.18. The van der Waals surface area contributed by atoms with Gasteiger partial charge < -0.3 is 0 Å². The van der Waals surface area contributed by atoms with E-state index >= 15 is 0 Å². The van der Waals surface area contributed by atoms with Crippen molar-refractivity contribution in [1.29, 1.82) is 0 Å². The third kappa shape index (κ3) is 1.68. The van der Waals surface area contributed by atoms with Crippen LogP contribution >= 0.6 is 22.7 Å². The molecule has 2 aromatic rings. The molecule has 0 saturated carbocycles. The van der Waals surface area contributed by atoms with Gasteiger partial charge in [0.05, 0.1) is 0 Å². The maximum Gasteiger partial charge on any atom is 0.0305 e. The summed E-state index contributed by atoms with van der Waals surface area (Å²) >= 11 is 3.74. The van der Waals surface area contributed by atoms with E-state index in [-0.39, 0.29) is 0 Å². The van der Waals surface area contributed by atoms with Crippen LogP contribution in [-0.4, -0.2) is 0 Å². The Labute approximate surface area is 97.9 Å². The highest BCUT2D eigenvalue weighted by Gasteiger charge is 2.18. The zero-order valence-electron chi connectivity index (χ0n) is 8.40. The molecule has 0 spiro atoms. The van der Waals surface area contributed by atoms with Gasteiger partial charge in [-0.2, -0.15) is 0 Å². The minimum atomic E-state index is 1.26. The van der Waals surface area contributed by atoms with Crippen LogP contribution in [-0.2, 0) is 0 Å². The minimum Gasteiger partial charge on any atom is -0.144 e. The molecule has 0 radical (unpaired) electrons. The summed E-state index contributed by atoms with van der Waals surface area (Å²) in [6, 6.07) is 8.80. The zero-order valence-corrected chi connectivity index (χ0v) is 10.0. The Hall–Kier alpha value is -0.860. The van der Waals surface area contributed by atoms with Gasteiger partial charge in [0.2, 0.25) is 0 Å². The lowest BCUT2D eigenvalue weighted by atomic mass is 10.1. The quantitative estimate of drug-likeness (QED) is 0.690. The number of hydrogen-bond acceptors (Lipinski definition) is 2. The first-order valence-corrected chi connectivity index (χ1v) is 7.01. The fraction of sp³-hybridized carbons (Fsp3) is 0.231. The van der Waals surface area contributed by atoms with Crippen molar-refractivity contribution in [2.75, 3.05) is 0 Å². The van der Waals surface area contributed by atoms with Gasteiger partial charge in [-0.3, -0.25) is 0 Å². The predicted octanol–water partition coefficient (Wildman–Crippen LogP) is 4.90. The van der Waals surface area contributed by atoms with Crippen molar-refractivity contribution in [3.63, 3.8) is 0 Å². The molecule has 1 aliphatic rings. The van der Waals surface area contributed by atoms with Crippen LogP contribution in [0.1, 0.15) is 29.0 Å². The molecule has 15 heavy (non-hydrogen) atoms. The van der Waals surface area contributed by atoms with Crippen molar-refractivity contribution >= 4 is 33.8 Å². The van der Waals surface area contributed by atoms with Crippen LogP contribution < -0.4 is 0 Å². The second-order valence-electron chi connectivity index (χ2n) is 3.77. The van der Waals surface area contributed by atoms with E-state index in [1.807, 2.05) is 22.7 Å². The Morgan fingerprint density at radius 2 is 1.33 bits per heavy atom. The van der Waals surface area contributed by atoms with E-state index in [0.29, 0.717) is 0 Å². The van der Waals surface area contributed by atoms with Crippen LogP contribution in [0, 0.1) is 0 Å². The molecule has 76 valence electrons. The van der Waals surface area contributed by atoms with Crippen molar-refractivity contribution in [1.82, 2.24) is 0 Å². The zero-order chi connectivity index (χ0) is 10.1. The molecule has 2 aromatic heterocycles. The standard InChI is InChI=1S/C13H12S2/c1-4-10(12-6-2-8-14-12)11(5-1)13-7-3-9-15-13/h2-3,6-9H,1,4-5H2. The normalized spacial score (nSPS) is 16.3. The number of hydrogen-bond donors (Lipinski definition) is 0. The van der Waals surface area contributed by atoms with Crippen LogP contribution in [0.15, 0.2) is 35.0 Å². The second kappa shape index (κ2) is 3.95. The van der Waals surface area contributed by atoms with Crippen molar-refractivity contribution in [3.8, 4) is 0 Å². The van der Waals surface area contributed by atoms with Crippen molar-refractivity contribution in [3.05, 3.63) is 44.8 Å². The van der Waals surface area contributed by atoms with Crippen molar-refractivity contribution in [2.24, 2.45) is 0 Å². The van der Waals surface area contributed by atoms with E-state index < -0.39 is 0 Å². The summed E-state index contributed by atoms with van der Waals surface area (Å²) < 4.78 is 0. The number of thiophene rings is 2. The fourth-order valence-corrected chi connectivity index (χ4v) is 3.84. The SMILES string of the molecule is c1csc(C2=C(c3cccs3)CCC2)c1. The first kappa shape index (κ1) is 9.37. The first-order valence-electron chi connectivity index (χ1n) is 5.25. The van der Waals surface area contributed by atoms with E-state index in [2.05, 4.69) is 35.0 Å². The minimum absolute atomic E-state index is 1.26. The molecular formula is C13H12S2. The van der Waals surface area contributed by atoms with Crippen molar-refractivity contribution in [2.45, 2.75) is 19.3 Å². The first-order chi connectivity index (χ1) is 7.45. The Bertz CT molecular complexity index is 416. The van der Waals surface area contributed by atoms with Gasteiger partial charge in [-0.15, -0.1) is 22.7 Å². The molecule has 0 aromatic carbocycles. The van der Waals surface area contributed by atoms with Gasteiger partial charge in [-0.25, -0.2) is 0 Å².